The molecule has 1 nitrogen and oxygen atoms in total. The van der Waals surface area contributed by atoms with Gasteiger partial charge >= 0.3 is 0 Å². The largest absolute Gasteiger partial charge is 0.494 e. The molecule has 3 aromatic carbocycles. The molecule has 0 aliphatic carbocycles. The van der Waals surface area contributed by atoms with Gasteiger partial charge in [0.2, 0.25) is 0 Å². The lowest BCUT2D eigenvalue weighted by molar-refractivity contribution is 0.340. The van der Waals surface area contributed by atoms with Crippen LogP contribution in [-0.4, -0.2) is 6.61 Å². The van der Waals surface area contributed by atoms with E-state index in [2.05, 4.69) is 107 Å². The number of ether oxygens (including phenoxy) is 1. The van der Waals surface area contributed by atoms with Crippen molar-refractivity contribution in [2.75, 3.05) is 6.61 Å². The van der Waals surface area contributed by atoms with Crippen molar-refractivity contribution in [3.63, 3.8) is 0 Å². The zero-order chi connectivity index (χ0) is 22.5. The van der Waals surface area contributed by atoms with Crippen molar-refractivity contribution in [3.05, 3.63) is 101 Å². The Balaban J connectivity index is 1.80. The molecule has 1 heteroatoms. The minimum atomic E-state index is -0.0612. The molecule has 0 aliphatic heterocycles. The number of hydrogen-bond acceptors (Lipinski definition) is 1. The molecule has 0 radical (unpaired) electrons. The highest BCUT2D eigenvalue weighted by Gasteiger charge is 2.26. The van der Waals surface area contributed by atoms with Crippen LogP contribution < -0.4 is 4.74 Å². The summed E-state index contributed by atoms with van der Waals surface area (Å²) in [6.07, 6.45) is 3.67. The number of hydrogen-bond donors (Lipinski definition) is 0. The summed E-state index contributed by atoms with van der Waals surface area (Å²) in [5, 5.41) is 0. The topological polar surface area (TPSA) is 9.23 Å². The molecular weight excluding hydrogens is 376 g/mol. The van der Waals surface area contributed by atoms with Gasteiger partial charge in [0, 0.05) is 10.8 Å². The van der Waals surface area contributed by atoms with Crippen molar-refractivity contribution in [3.8, 4) is 5.75 Å². The minimum Gasteiger partial charge on any atom is -0.494 e. The molecule has 0 aliphatic rings. The first-order valence-corrected chi connectivity index (χ1v) is 11.7. The fourth-order valence-electron chi connectivity index (χ4n) is 4.24. The summed E-state index contributed by atoms with van der Waals surface area (Å²) >= 11 is 0. The van der Waals surface area contributed by atoms with E-state index in [0.29, 0.717) is 6.61 Å². The molecule has 0 atom stereocenters. The van der Waals surface area contributed by atoms with E-state index < -0.39 is 0 Å². The van der Waals surface area contributed by atoms with Gasteiger partial charge in [0.15, 0.2) is 0 Å². The summed E-state index contributed by atoms with van der Waals surface area (Å²) in [5.74, 6) is 0.930. The fraction of sp³-hybridized carbons (Fsp3) is 0.400. The summed E-state index contributed by atoms with van der Waals surface area (Å²) < 4.78 is 5.60. The minimum absolute atomic E-state index is 0.0227. The first-order chi connectivity index (χ1) is 14.8. The zero-order valence-electron chi connectivity index (χ0n) is 20.2. The quantitative estimate of drug-likeness (QED) is 0.344. The van der Waals surface area contributed by atoms with Crippen LogP contribution >= 0.6 is 0 Å². The van der Waals surface area contributed by atoms with Crippen LogP contribution in [0.3, 0.4) is 0 Å². The number of unbranched alkanes of at least 4 members (excludes halogenated alkanes) is 1. The van der Waals surface area contributed by atoms with Crippen molar-refractivity contribution in [1.82, 2.24) is 0 Å². The number of aryl methyl sites for hydroxylation is 1. The smallest absolute Gasteiger partial charge is 0.119 e. The van der Waals surface area contributed by atoms with E-state index in [1.54, 1.807) is 0 Å². The molecule has 0 spiro atoms. The predicted octanol–water partition coefficient (Wildman–Crippen LogP) is 8.08. The third kappa shape index (κ3) is 5.21. The van der Waals surface area contributed by atoms with E-state index in [-0.39, 0.29) is 10.8 Å². The third-order valence-corrected chi connectivity index (χ3v) is 6.71. The van der Waals surface area contributed by atoms with Gasteiger partial charge in [-0.3, -0.25) is 0 Å². The normalized spacial score (nSPS) is 12.1. The van der Waals surface area contributed by atoms with E-state index in [9.17, 15) is 0 Å². The van der Waals surface area contributed by atoms with Crippen LogP contribution in [0.4, 0.5) is 0 Å². The Hall–Kier alpha value is -2.54. The van der Waals surface area contributed by atoms with E-state index in [1.165, 1.54) is 47.1 Å². The molecule has 0 bridgehead atoms. The van der Waals surface area contributed by atoms with E-state index in [4.69, 9.17) is 4.74 Å². The Morgan fingerprint density at radius 2 is 0.968 bits per heavy atom. The van der Waals surface area contributed by atoms with Crippen LogP contribution in [-0.2, 0) is 17.3 Å². The first kappa shape index (κ1) is 23.1. The van der Waals surface area contributed by atoms with E-state index >= 15 is 0 Å². The lowest BCUT2D eigenvalue weighted by Gasteiger charge is -2.29. The first-order valence-electron chi connectivity index (χ1n) is 11.7. The lowest BCUT2D eigenvalue weighted by Crippen LogP contribution is -2.21. The molecule has 0 heterocycles. The fourth-order valence-corrected chi connectivity index (χ4v) is 4.24. The van der Waals surface area contributed by atoms with Crippen molar-refractivity contribution in [2.45, 2.75) is 71.6 Å². The number of benzene rings is 3. The van der Waals surface area contributed by atoms with Gasteiger partial charge in [-0.15, -0.1) is 0 Å². The Morgan fingerprint density at radius 1 is 0.581 bits per heavy atom. The predicted molar refractivity (Wildman–Crippen MR) is 133 cm³/mol. The lowest BCUT2D eigenvalue weighted by atomic mass is 9.74. The van der Waals surface area contributed by atoms with Crippen LogP contribution in [0, 0.1) is 0 Å². The van der Waals surface area contributed by atoms with E-state index in [0.717, 1.165) is 5.75 Å². The molecule has 0 aromatic heterocycles. The van der Waals surface area contributed by atoms with Crippen molar-refractivity contribution < 1.29 is 4.74 Å². The van der Waals surface area contributed by atoms with Gasteiger partial charge < -0.3 is 4.74 Å². The Labute approximate surface area is 189 Å². The van der Waals surface area contributed by atoms with Crippen LogP contribution in [0.5, 0.6) is 5.75 Å². The molecule has 0 saturated carbocycles. The Kier molecular flexibility index (Phi) is 7.26. The standard InChI is InChI=1S/C30H38O/c1-7-9-10-23-11-13-24(14-12-23)29(3,4)25-15-17-26(18-16-25)30(5,6)27-19-21-28(22-20-27)31-8-2/h11-22H,7-10H2,1-6H3. The van der Waals surface area contributed by atoms with Crippen molar-refractivity contribution in [2.24, 2.45) is 0 Å². The maximum absolute atomic E-state index is 5.60. The number of rotatable bonds is 9. The van der Waals surface area contributed by atoms with Crippen molar-refractivity contribution >= 4 is 0 Å². The summed E-state index contributed by atoms with van der Waals surface area (Å²) in [6.45, 7) is 14.2. The Bertz CT molecular complexity index is 945. The third-order valence-electron chi connectivity index (χ3n) is 6.71. The molecule has 164 valence electrons. The SMILES string of the molecule is CCCCc1ccc(C(C)(C)c2ccc(C(C)(C)c3ccc(OCC)cc3)cc2)cc1. The molecule has 0 amide bonds. The van der Waals surface area contributed by atoms with Gasteiger partial charge in [-0.2, -0.15) is 0 Å². The summed E-state index contributed by atoms with van der Waals surface area (Å²) in [4.78, 5) is 0. The molecule has 3 rings (SSSR count). The highest BCUT2D eigenvalue weighted by atomic mass is 16.5. The molecule has 0 saturated heterocycles. The van der Waals surface area contributed by atoms with Crippen LogP contribution in [0.15, 0.2) is 72.8 Å². The summed E-state index contributed by atoms with van der Waals surface area (Å²) in [6, 6.07) is 26.9. The Morgan fingerprint density at radius 3 is 1.35 bits per heavy atom. The van der Waals surface area contributed by atoms with Gasteiger partial charge in [0.1, 0.15) is 5.75 Å². The molecule has 0 N–H and O–H groups in total. The van der Waals surface area contributed by atoms with Crippen LogP contribution in [0.1, 0.15) is 82.2 Å². The molecule has 31 heavy (non-hydrogen) atoms. The molecule has 0 unspecified atom stereocenters. The summed E-state index contributed by atoms with van der Waals surface area (Å²) in [7, 11) is 0. The van der Waals surface area contributed by atoms with Crippen LogP contribution in [0.2, 0.25) is 0 Å². The van der Waals surface area contributed by atoms with Gasteiger partial charge in [0.25, 0.3) is 0 Å². The van der Waals surface area contributed by atoms with Gasteiger partial charge in [-0.25, -0.2) is 0 Å². The molecular formula is C30H38O. The zero-order valence-corrected chi connectivity index (χ0v) is 20.2. The van der Waals surface area contributed by atoms with Gasteiger partial charge in [0.05, 0.1) is 6.61 Å². The van der Waals surface area contributed by atoms with Gasteiger partial charge in [-0.1, -0.05) is 102 Å². The summed E-state index contributed by atoms with van der Waals surface area (Å²) in [5.41, 5.74) is 6.69. The highest BCUT2D eigenvalue weighted by molar-refractivity contribution is 5.44. The average Bonchev–Trinajstić information content (AvgIpc) is 2.78. The second kappa shape index (κ2) is 9.73. The van der Waals surface area contributed by atoms with E-state index in [1.807, 2.05) is 6.92 Å². The molecule has 0 fully saturated rings. The van der Waals surface area contributed by atoms with Gasteiger partial charge in [-0.05, 0) is 59.7 Å². The van der Waals surface area contributed by atoms with Crippen molar-refractivity contribution in [1.29, 1.82) is 0 Å². The molecule has 3 aromatic rings. The highest BCUT2D eigenvalue weighted by Crippen LogP contribution is 2.36. The van der Waals surface area contributed by atoms with Crippen LogP contribution in [0.25, 0.3) is 0 Å². The monoisotopic (exact) mass is 414 g/mol. The second-order valence-corrected chi connectivity index (χ2v) is 9.59. The average molecular weight is 415 g/mol. The second-order valence-electron chi connectivity index (χ2n) is 9.59. The maximum atomic E-state index is 5.60. The maximum Gasteiger partial charge on any atom is 0.119 e.